The van der Waals surface area contributed by atoms with E-state index in [1.807, 2.05) is 0 Å². The lowest BCUT2D eigenvalue weighted by Gasteiger charge is -2.10. The van der Waals surface area contributed by atoms with E-state index in [1.54, 1.807) is 35.7 Å². The number of nitro groups is 1. The molecule has 1 aromatic heterocycles. The molecule has 2 N–H and O–H groups in total. The van der Waals surface area contributed by atoms with Crippen molar-refractivity contribution in [3.05, 3.63) is 63.5 Å². The van der Waals surface area contributed by atoms with E-state index >= 15 is 0 Å². The highest BCUT2D eigenvalue weighted by Crippen LogP contribution is 2.27. The Labute approximate surface area is 180 Å². The monoisotopic (exact) mass is 444 g/mol. The third kappa shape index (κ3) is 5.07. The molecule has 0 saturated carbocycles. The van der Waals surface area contributed by atoms with Crippen molar-refractivity contribution in [3.8, 4) is 22.8 Å². The van der Waals surface area contributed by atoms with Crippen LogP contribution in [-0.2, 0) is 0 Å². The zero-order valence-electron chi connectivity index (χ0n) is 15.9. The number of carbonyl (C=O) groups excluding carboxylic acids is 1. The summed E-state index contributed by atoms with van der Waals surface area (Å²) in [4.78, 5) is 27.3. The maximum Gasteiger partial charge on any atom is 0.270 e. The fourth-order valence-electron chi connectivity index (χ4n) is 2.48. The van der Waals surface area contributed by atoms with Crippen LogP contribution in [0.3, 0.4) is 0 Å². The molecule has 0 aliphatic heterocycles. The number of ether oxygens (including phenoxy) is 2. The van der Waals surface area contributed by atoms with Gasteiger partial charge < -0.3 is 14.8 Å². The summed E-state index contributed by atoms with van der Waals surface area (Å²) >= 11 is 6.44. The average Bonchev–Trinajstić information content (AvgIpc) is 3.21. The molecule has 2 aromatic carbocycles. The van der Waals surface area contributed by atoms with Crippen molar-refractivity contribution < 1.29 is 19.2 Å². The first-order valence-corrected chi connectivity index (χ1v) is 9.74. The Morgan fingerprint density at radius 1 is 1.17 bits per heavy atom. The van der Waals surface area contributed by atoms with Gasteiger partial charge in [-0.25, -0.2) is 4.98 Å². The summed E-state index contributed by atoms with van der Waals surface area (Å²) in [6.07, 6.45) is 0. The summed E-state index contributed by atoms with van der Waals surface area (Å²) in [5.74, 6) is 0.500. The van der Waals surface area contributed by atoms with Crippen LogP contribution >= 0.6 is 23.6 Å². The number of nitrogens with one attached hydrogen (secondary N) is 2. The molecule has 0 radical (unpaired) electrons. The second-order valence-electron chi connectivity index (χ2n) is 5.85. The van der Waals surface area contributed by atoms with Crippen LogP contribution in [0.15, 0.2) is 47.8 Å². The molecule has 30 heavy (non-hydrogen) atoms. The van der Waals surface area contributed by atoms with E-state index in [0.29, 0.717) is 33.5 Å². The second-order valence-corrected chi connectivity index (χ2v) is 7.12. The minimum absolute atomic E-state index is 0.0217. The Hall–Kier alpha value is -3.57. The quantitative estimate of drug-likeness (QED) is 0.334. The van der Waals surface area contributed by atoms with Gasteiger partial charge in [0.05, 0.1) is 24.8 Å². The lowest BCUT2D eigenvalue weighted by atomic mass is 10.1. The highest BCUT2D eigenvalue weighted by molar-refractivity contribution is 7.80. The molecule has 0 unspecified atom stereocenters. The standard InChI is InChI=1S/C19H16N4O5S2/c1-27-14-7-12(8-15(9-14)28-2)17(24)21-18(29)22-19-20-16(10-30-19)11-4-3-5-13(6-11)23(25)26/h3-10H,1-2H3,(H2,20,21,22,24,29). The average molecular weight is 444 g/mol. The zero-order chi connectivity index (χ0) is 21.7. The molecule has 3 aromatic rings. The first-order chi connectivity index (χ1) is 14.4. The molecular formula is C19H16N4O5S2. The highest BCUT2D eigenvalue weighted by Gasteiger charge is 2.14. The van der Waals surface area contributed by atoms with Gasteiger partial charge >= 0.3 is 0 Å². The number of benzene rings is 2. The van der Waals surface area contributed by atoms with Gasteiger partial charge in [0.15, 0.2) is 10.2 Å². The maximum absolute atomic E-state index is 12.5. The normalized spacial score (nSPS) is 10.2. The van der Waals surface area contributed by atoms with Crippen molar-refractivity contribution in [1.29, 1.82) is 0 Å². The predicted octanol–water partition coefficient (Wildman–Crippen LogP) is 3.86. The van der Waals surface area contributed by atoms with Crippen molar-refractivity contribution in [1.82, 2.24) is 10.3 Å². The summed E-state index contributed by atoms with van der Waals surface area (Å²) in [5.41, 5.74) is 1.45. The predicted molar refractivity (Wildman–Crippen MR) is 117 cm³/mol. The van der Waals surface area contributed by atoms with Crippen LogP contribution in [-0.4, -0.2) is 35.1 Å². The summed E-state index contributed by atoms with van der Waals surface area (Å²) < 4.78 is 10.3. The SMILES string of the molecule is COc1cc(OC)cc(C(=O)NC(=S)Nc2nc(-c3cccc([N+](=O)[O-])c3)cs2)c1. The molecule has 3 rings (SSSR count). The van der Waals surface area contributed by atoms with Crippen LogP contribution in [0, 0.1) is 10.1 Å². The summed E-state index contributed by atoms with van der Waals surface area (Å²) in [5, 5.41) is 18.6. The smallest absolute Gasteiger partial charge is 0.270 e. The van der Waals surface area contributed by atoms with Gasteiger partial charge in [0.2, 0.25) is 0 Å². The van der Waals surface area contributed by atoms with Crippen LogP contribution < -0.4 is 20.1 Å². The Morgan fingerprint density at radius 3 is 2.50 bits per heavy atom. The number of amides is 1. The number of aromatic nitrogens is 1. The van der Waals surface area contributed by atoms with Gasteiger partial charge in [-0.05, 0) is 24.4 Å². The van der Waals surface area contributed by atoms with Crippen LogP contribution in [0.25, 0.3) is 11.3 Å². The maximum atomic E-state index is 12.5. The lowest BCUT2D eigenvalue weighted by molar-refractivity contribution is -0.384. The number of hydrogen-bond donors (Lipinski definition) is 2. The van der Waals surface area contributed by atoms with Gasteiger partial charge in [0.1, 0.15) is 11.5 Å². The Balaban J connectivity index is 1.68. The van der Waals surface area contributed by atoms with Gasteiger partial charge in [0, 0.05) is 34.7 Å². The third-order valence-electron chi connectivity index (χ3n) is 3.92. The van der Waals surface area contributed by atoms with Crippen LogP contribution in [0.5, 0.6) is 11.5 Å². The summed E-state index contributed by atoms with van der Waals surface area (Å²) in [6.45, 7) is 0. The topological polar surface area (TPSA) is 116 Å². The number of nitrogens with zero attached hydrogens (tertiary/aromatic N) is 2. The fourth-order valence-corrected chi connectivity index (χ4v) is 3.46. The summed E-state index contributed by atoms with van der Waals surface area (Å²) in [7, 11) is 2.98. The molecule has 1 amide bonds. The number of anilines is 1. The van der Waals surface area contributed by atoms with E-state index in [1.165, 1.54) is 37.7 Å². The van der Waals surface area contributed by atoms with E-state index in [0.717, 1.165) is 0 Å². The van der Waals surface area contributed by atoms with E-state index in [2.05, 4.69) is 15.6 Å². The summed E-state index contributed by atoms with van der Waals surface area (Å²) in [6, 6.07) is 10.9. The van der Waals surface area contributed by atoms with E-state index in [9.17, 15) is 14.9 Å². The van der Waals surface area contributed by atoms with Crippen LogP contribution in [0.4, 0.5) is 10.8 Å². The number of hydrogen-bond acceptors (Lipinski definition) is 8. The van der Waals surface area contributed by atoms with Crippen molar-refractivity contribution >= 4 is 45.4 Å². The number of thiocarbonyl (C=S) groups is 1. The van der Waals surface area contributed by atoms with Crippen molar-refractivity contribution in [2.24, 2.45) is 0 Å². The lowest BCUT2D eigenvalue weighted by Crippen LogP contribution is -2.34. The number of carbonyl (C=O) groups is 1. The first-order valence-electron chi connectivity index (χ1n) is 8.45. The van der Waals surface area contributed by atoms with Gasteiger partial charge in [-0.15, -0.1) is 11.3 Å². The Morgan fingerprint density at radius 2 is 1.87 bits per heavy atom. The van der Waals surface area contributed by atoms with Crippen molar-refractivity contribution in [3.63, 3.8) is 0 Å². The second kappa shape index (κ2) is 9.29. The molecule has 9 nitrogen and oxygen atoms in total. The molecule has 0 spiro atoms. The Bertz CT molecular complexity index is 1090. The molecule has 0 aliphatic rings. The first kappa shape index (κ1) is 21.1. The molecule has 0 fully saturated rings. The van der Waals surface area contributed by atoms with Gasteiger partial charge in [0.25, 0.3) is 11.6 Å². The minimum Gasteiger partial charge on any atom is -0.497 e. The van der Waals surface area contributed by atoms with Crippen molar-refractivity contribution in [2.75, 3.05) is 19.5 Å². The van der Waals surface area contributed by atoms with Crippen LogP contribution in [0.2, 0.25) is 0 Å². The molecule has 0 bridgehead atoms. The number of non-ortho nitro benzene ring substituents is 1. The van der Waals surface area contributed by atoms with E-state index in [4.69, 9.17) is 21.7 Å². The molecule has 11 heteroatoms. The molecule has 0 aliphatic carbocycles. The molecule has 154 valence electrons. The van der Waals surface area contributed by atoms with Crippen molar-refractivity contribution in [2.45, 2.75) is 0 Å². The van der Waals surface area contributed by atoms with Gasteiger partial charge in [-0.2, -0.15) is 0 Å². The fraction of sp³-hybridized carbons (Fsp3) is 0.105. The largest absolute Gasteiger partial charge is 0.497 e. The van der Waals surface area contributed by atoms with Crippen LogP contribution in [0.1, 0.15) is 10.4 Å². The molecule has 0 atom stereocenters. The molecule has 1 heterocycles. The third-order valence-corrected chi connectivity index (χ3v) is 4.88. The number of rotatable bonds is 6. The van der Waals surface area contributed by atoms with Gasteiger partial charge in [-0.1, -0.05) is 12.1 Å². The van der Waals surface area contributed by atoms with E-state index in [-0.39, 0.29) is 10.8 Å². The number of methoxy groups -OCH3 is 2. The minimum atomic E-state index is -0.465. The number of thiazole rings is 1. The highest BCUT2D eigenvalue weighted by atomic mass is 32.1. The van der Waals surface area contributed by atoms with Gasteiger partial charge in [-0.3, -0.25) is 20.2 Å². The Kier molecular flexibility index (Phi) is 6.54. The molecule has 0 saturated heterocycles. The van der Waals surface area contributed by atoms with E-state index < -0.39 is 10.8 Å². The number of nitro benzene ring substituents is 1. The molecular weight excluding hydrogens is 428 g/mol. The zero-order valence-corrected chi connectivity index (χ0v) is 17.5.